The summed E-state index contributed by atoms with van der Waals surface area (Å²) in [5.74, 6) is -0.0755. The molecule has 1 aliphatic heterocycles. The van der Waals surface area contributed by atoms with E-state index >= 15 is 0 Å². The van der Waals surface area contributed by atoms with Crippen molar-refractivity contribution in [3.05, 3.63) is 35.9 Å². The van der Waals surface area contributed by atoms with E-state index < -0.39 is 0 Å². The lowest BCUT2D eigenvalue weighted by atomic mass is 10.2. The van der Waals surface area contributed by atoms with Crippen LogP contribution in [0.4, 0.5) is 0 Å². The molecule has 2 rings (SSSR count). The normalized spacial score (nSPS) is 19.6. The van der Waals surface area contributed by atoms with Gasteiger partial charge in [-0.1, -0.05) is 30.3 Å². The molecule has 1 amide bonds. The summed E-state index contributed by atoms with van der Waals surface area (Å²) in [6.45, 7) is 1.32. The molecule has 1 aromatic carbocycles. The first-order chi connectivity index (χ1) is 7.86. The van der Waals surface area contributed by atoms with E-state index in [9.17, 15) is 4.79 Å². The van der Waals surface area contributed by atoms with E-state index in [-0.39, 0.29) is 11.9 Å². The molecule has 0 unspecified atom stereocenters. The maximum absolute atomic E-state index is 11.5. The summed E-state index contributed by atoms with van der Waals surface area (Å²) < 4.78 is 0. The van der Waals surface area contributed by atoms with Crippen molar-refractivity contribution in [2.45, 2.75) is 25.5 Å². The van der Waals surface area contributed by atoms with Gasteiger partial charge in [-0.05, 0) is 24.9 Å². The fourth-order valence-electron chi connectivity index (χ4n) is 1.74. The van der Waals surface area contributed by atoms with E-state index in [2.05, 4.69) is 10.8 Å². The molecule has 1 heterocycles. The van der Waals surface area contributed by atoms with Gasteiger partial charge in [-0.3, -0.25) is 9.63 Å². The molecule has 1 fully saturated rings. The zero-order valence-corrected chi connectivity index (χ0v) is 9.11. The van der Waals surface area contributed by atoms with Crippen LogP contribution < -0.4 is 10.8 Å². The van der Waals surface area contributed by atoms with Crippen molar-refractivity contribution in [1.29, 1.82) is 0 Å². The number of rotatable bonds is 4. The van der Waals surface area contributed by atoms with Crippen LogP contribution in [-0.4, -0.2) is 18.5 Å². The number of hydrogen-bond acceptors (Lipinski definition) is 3. The largest absolute Gasteiger partial charge is 0.306 e. The number of hydroxylamine groups is 1. The second-order valence-corrected chi connectivity index (χ2v) is 3.89. The first-order valence-electron chi connectivity index (χ1n) is 5.55. The van der Waals surface area contributed by atoms with Crippen molar-refractivity contribution in [2.75, 3.05) is 6.54 Å². The molecular weight excluding hydrogens is 204 g/mol. The van der Waals surface area contributed by atoms with Gasteiger partial charge < -0.3 is 5.32 Å². The summed E-state index contributed by atoms with van der Waals surface area (Å²) in [5.41, 5.74) is 3.52. The molecule has 4 heteroatoms. The summed E-state index contributed by atoms with van der Waals surface area (Å²) in [6, 6.07) is 9.67. The van der Waals surface area contributed by atoms with Crippen LogP contribution in [0.15, 0.2) is 30.3 Å². The first kappa shape index (κ1) is 11.1. The van der Waals surface area contributed by atoms with Crippen LogP contribution in [0, 0.1) is 0 Å². The number of amides is 1. The smallest absolute Gasteiger partial charge is 0.260 e. The van der Waals surface area contributed by atoms with Gasteiger partial charge in [0.25, 0.3) is 5.91 Å². The maximum Gasteiger partial charge on any atom is 0.260 e. The Morgan fingerprint density at radius 1 is 1.44 bits per heavy atom. The fourth-order valence-corrected chi connectivity index (χ4v) is 1.74. The van der Waals surface area contributed by atoms with E-state index in [0.29, 0.717) is 6.61 Å². The third-order valence-electron chi connectivity index (χ3n) is 2.63. The highest BCUT2D eigenvalue weighted by molar-refractivity contribution is 5.80. The second kappa shape index (κ2) is 5.63. The molecule has 16 heavy (non-hydrogen) atoms. The Kier molecular flexibility index (Phi) is 3.91. The zero-order chi connectivity index (χ0) is 11.2. The molecule has 1 saturated heterocycles. The molecule has 4 nitrogen and oxygen atoms in total. The molecule has 0 saturated carbocycles. The third kappa shape index (κ3) is 3.05. The van der Waals surface area contributed by atoms with Gasteiger partial charge in [0.2, 0.25) is 0 Å². The van der Waals surface area contributed by atoms with Crippen LogP contribution >= 0.6 is 0 Å². The highest BCUT2D eigenvalue weighted by Crippen LogP contribution is 2.05. The summed E-state index contributed by atoms with van der Waals surface area (Å²) >= 11 is 0. The molecule has 1 aromatic rings. The summed E-state index contributed by atoms with van der Waals surface area (Å²) in [6.07, 6.45) is 1.94. The van der Waals surface area contributed by atoms with Crippen LogP contribution in [0.25, 0.3) is 0 Å². The van der Waals surface area contributed by atoms with Gasteiger partial charge >= 0.3 is 0 Å². The predicted octanol–water partition coefficient (Wildman–Crippen LogP) is 0.986. The van der Waals surface area contributed by atoms with Crippen LogP contribution in [0.5, 0.6) is 0 Å². The van der Waals surface area contributed by atoms with E-state index in [1.165, 1.54) is 0 Å². The van der Waals surface area contributed by atoms with Gasteiger partial charge in [-0.25, -0.2) is 5.48 Å². The van der Waals surface area contributed by atoms with Crippen molar-refractivity contribution < 1.29 is 9.63 Å². The Morgan fingerprint density at radius 2 is 2.25 bits per heavy atom. The number of nitrogens with one attached hydrogen (secondary N) is 2. The number of benzene rings is 1. The van der Waals surface area contributed by atoms with Crippen molar-refractivity contribution in [3.8, 4) is 0 Å². The molecule has 0 bridgehead atoms. The lowest BCUT2D eigenvalue weighted by Gasteiger charge is -2.10. The van der Waals surface area contributed by atoms with Crippen molar-refractivity contribution >= 4 is 5.91 Å². The van der Waals surface area contributed by atoms with Crippen molar-refractivity contribution in [3.63, 3.8) is 0 Å². The van der Waals surface area contributed by atoms with Crippen LogP contribution in [-0.2, 0) is 16.2 Å². The van der Waals surface area contributed by atoms with Gasteiger partial charge in [-0.15, -0.1) is 0 Å². The number of carbonyl (C=O) groups is 1. The van der Waals surface area contributed by atoms with Gasteiger partial charge in [0, 0.05) is 0 Å². The van der Waals surface area contributed by atoms with Gasteiger partial charge in [-0.2, -0.15) is 0 Å². The lowest BCUT2D eigenvalue weighted by molar-refractivity contribution is -0.136. The average Bonchev–Trinajstić information content (AvgIpc) is 2.84. The Hall–Kier alpha value is -1.39. The van der Waals surface area contributed by atoms with Crippen molar-refractivity contribution in [2.24, 2.45) is 0 Å². The fraction of sp³-hybridized carbons (Fsp3) is 0.417. The van der Waals surface area contributed by atoms with Crippen LogP contribution in [0.1, 0.15) is 18.4 Å². The van der Waals surface area contributed by atoms with E-state index in [4.69, 9.17) is 4.84 Å². The molecule has 0 spiro atoms. The summed E-state index contributed by atoms with van der Waals surface area (Å²) in [7, 11) is 0. The molecule has 1 atom stereocenters. The molecule has 2 N–H and O–H groups in total. The van der Waals surface area contributed by atoms with E-state index in [1.54, 1.807) is 0 Å². The molecular formula is C12H16N2O2. The van der Waals surface area contributed by atoms with E-state index in [1.807, 2.05) is 30.3 Å². The van der Waals surface area contributed by atoms with Gasteiger partial charge in [0.1, 0.15) is 0 Å². The van der Waals surface area contributed by atoms with E-state index in [0.717, 1.165) is 24.9 Å². The van der Waals surface area contributed by atoms with Crippen molar-refractivity contribution in [1.82, 2.24) is 10.8 Å². The monoisotopic (exact) mass is 220 g/mol. The van der Waals surface area contributed by atoms with Gasteiger partial charge in [0.15, 0.2) is 0 Å². The predicted molar refractivity (Wildman–Crippen MR) is 60.4 cm³/mol. The Labute approximate surface area is 94.9 Å². The molecule has 0 radical (unpaired) electrons. The standard InChI is InChI=1S/C12H16N2O2/c15-12(11-7-4-8-13-11)14-16-9-10-5-2-1-3-6-10/h1-3,5-6,11,13H,4,7-9H2,(H,14,15)/t11-/m0/s1. The van der Waals surface area contributed by atoms with Crippen LogP contribution in [0.2, 0.25) is 0 Å². The molecule has 1 aliphatic rings. The molecule has 0 aliphatic carbocycles. The van der Waals surface area contributed by atoms with Gasteiger partial charge in [0.05, 0.1) is 12.6 Å². The minimum Gasteiger partial charge on any atom is -0.306 e. The highest BCUT2D eigenvalue weighted by Gasteiger charge is 2.21. The topological polar surface area (TPSA) is 50.4 Å². The summed E-state index contributed by atoms with van der Waals surface area (Å²) in [5, 5.41) is 3.11. The zero-order valence-electron chi connectivity index (χ0n) is 9.11. The summed E-state index contributed by atoms with van der Waals surface area (Å²) in [4.78, 5) is 16.7. The minimum atomic E-state index is -0.0872. The average molecular weight is 220 g/mol. The maximum atomic E-state index is 11.5. The minimum absolute atomic E-state index is 0.0755. The Bertz CT molecular complexity index is 334. The Balaban J connectivity index is 1.70. The third-order valence-corrected chi connectivity index (χ3v) is 2.63. The SMILES string of the molecule is O=C(NOCc1ccccc1)[C@@H]1CCCN1. The highest BCUT2D eigenvalue weighted by atomic mass is 16.6. The second-order valence-electron chi connectivity index (χ2n) is 3.89. The molecule has 0 aromatic heterocycles. The van der Waals surface area contributed by atoms with Crippen LogP contribution in [0.3, 0.4) is 0 Å². The first-order valence-corrected chi connectivity index (χ1v) is 5.55. The lowest BCUT2D eigenvalue weighted by Crippen LogP contribution is -2.40. The Morgan fingerprint density at radius 3 is 2.94 bits per heavy atom. The number of carbonyl (C=O) groups excluding carboxylic acids is 1. The number of hydrogen-bond donors (Lipinski definition) is 2. The quantitative estimate of drug-likeness (QED) is 0.744. The molecule has 86 valence electrons.